The van der Waals surface area contributed by atoms with Crippen LogP contribution in [0.25, 0.3) is 0 Å². The molecule has 0 heterocycles. The molecular weight excluding hydrogens is 309 g/mol. The molecular formula is C12H15ClFNO4S. The van der Waals surface area contributed by atoms with Crippen LogP contribution in [0, 0.1) is 11.2 Å². The highest BCUT2D eigenvalue weighted by molar-refractivity contribution is 7.89. The van der Waals surface area contributed by atoms with Gasteiger partial charge in [0.2, 0.25) is 10.0 Å². The molecule has 0 amide bonds. The number of carboxylic acids is 1. The van der Waals surface area contributed by atoms with Gasteiger partial charge in [0.15, 0.2) is 5.82 Å². The number of rotatable bonds is 4. The molecule has 0 aliphatic carbocycles. The van der Waals surface area contributed by atoms with Crippen molar-refractivity contribution in [3.63, 3.8) is 0 Å². The Morgan fingerprint density at radius 3 is 2.40 bits per heavy atom. The zero-order chi connectivity index (χ0) is 15.7. The first-order valence-electron chi connectivity index (χ1n) is 5.66. The highest BCUT2D eigenvalue weighted by Gasteiger charge is 2.36. The van der Waals surface area contributed by atoms with Crippen molar-refractivity contribution in [2.24, 2.45) is 5.41 Å². The maximum absolute atomic E-state index is 13.7. The highest BCUT2D eigenvalue weighted by Crippen LogP contribution is 2.25. The molecule has 0 aliphatic rings. The Balaban J connectivity index is 3.24. The van der Waals surface area contributed by atoms with Gasteiger partial charge in [-0.25, -0.2) is 12.8 Å². The van der Waals surface area contributed by atoms with E-state index >= 15 is 0 Å². The van der Waals surface area contributed by atoms with Crippen LogP contribution in [0.5, 0.6) is 0 Å². The lowest BCUT2D eigenvalue weighted by Crippen LogP contribution is -2.49. The lowest BCUT2D eigenvalue weighted by Gasteiger charge is -2.27. The van der Waals surface area contributed by atoms with Crippen molar-refractivity contribution >= 4 is 27.6 Å². The van der Waals surface area contributed by atoms with Gasteiger partial charge in [0, 0.05) is 0 Å². The molecule has 0 bridgehead atoms. The van der Waals surface area contributed by atoms with Crippen LogP contribution in [0.15, 0.2) is 23.1 Å². The number of nitrogens with one attached hydrogen (secondary N) is 1. The Morgan fingerprint density at radius 1 is 1.40 bits per heavy atom. The third kappa shape index (κ3) is 3.68. The molecule has 5 nitrogen and oxygen atoms in total. The van der Waals surface area contributed by atoms with Gasteiger partial charge in [-0.05, 0) is 17.5 Å². The second-order valence-corrected chi connectivity index (χ2v) is 7.40. The fourth-order valence-corrected chi connectivity index (χ4v) is 3.23. The molecule has 0 radical (unpaired) electrons. The summed E-state index contributed by atoms with van der Waals surface area (Å²) in [6, 6.07) is 2.10. The zero-order valence-electron chi connectivity index (χ0n) is 11.1. The lowest BCUT2D eigenvalue weighted by atomic mass is 9.88. The average Bonchev–Trinajstić information content (AvgIpc) is 2.27. The van der Waals surface area contributed by atoms with E-state index < -0.39 is 38.2 Å². The minimum Gasteiger partial charge on any atom is -0.480 e. The van der Waals surface area contributed by atoms with E-state index in [0.717, 1.165) is 6.07 Å². The Labute approximate surface area is 121 Å². The highest BCUT2D eigenvalue weighted by atomic mass is 35.5. The standard InChI is InChI=1S/C12H15ClFNO4S/c1-12(2,3)10(11(16)17)15-20(18,19)8-6-4-5-7(13)9(8)14/h4-6,10,15H,1-3H3,(H,16,17)/t10-/m0/s1. The van der Waals surface area contributed by atoms with E-state index in [1.165, 1.54) is 12.1 Å². The average molecular weight is 324 g/mol. The quantitative estimate of drug-likeness (QED) is 0.890. The summed E-state index contributed by atoms with van der Waals surface area (Å²) >= 11 is 5.53. The largest absolute Gasteiger partial charge is 0.480 e. The number of aliphatic carboxylic acids is 1. The van der Waals surface area contributed by atoms with Crippen molar-refractivity contribution in [2.45, 2.75) is 31.7 Å². The van der Waals surface area contributed by atoms with Gasteiger partial charge in [0.1, 0.15) is 10.9 Å². The van der Waals surface area contributed by atoms with E-state index in [4.69, 9.17) is 16.7 Å². The summed E-state index contributed by atoms with van der Waals surface area (Å²) in [5, 5.41) is 8.74. The summed E-state index contributed by atoms with van der Waals surface area (Å²) in [4.78, 5) is 10.5. The Kier molecular flexibility index (Phi) is 4.78. The third-order valence-corrected chi connectivity index (χ3v) is 4.32. The molecule has 0 aliphatic heterocycles. The predicted molar refractivity (Wildman–Crippen MR) is 72.6 cm³/mol. The van der Waals surface area contributed by atoms with Gasteiger partial charge in [0.05, 0.1) is 5.02 Å². The van der Waals surface area contributed by atoms with E-state index in [-0.39, 0.29) is 5.02 Å². The maximum Gasteiger partial charge on any atom is 0.322 e. The summed E-state index contributed by atoms with van der Waals surface area (Å²) in [5.41, 5.74) is -0.881. The fourth-order valence-electron chi connectivity index (χ4n) is 1.51. The first-order chi connectivity index (χ1) is 8.97. The molecule has 0 unspecified atom stereocenters. The van der Waals surface area contributed by atoms with Crippen LogP contribution in [-0.2, 0) is 14.8 Å². The van der Waals surface area contributed by atoms with Gasteiger partial charge in [-0.2, -0.15) is 4.72 Å². The van der Waals surface area contributed by atoms with E-state index in [9.17, 15) is 17.6 Å². The molecule has 1 aromatic carbocycles. The molecule has 0 saturated heterocycles. The van der Waals surface area contributed by atoms with Crippen molar-refractivity contribution in [3.05, 3.63) is 29.0 Å². The predicted octanol–water partition coefficient (Wildman–Crippen LogP) is 2.26. The molecule has 8 heteroatoms. The maximum atomic E-state index is 13.7. The Morgan fingerprint density at radius 2 is 1.95 bits per heavy atom. The Hall–Kier alpha value is -1.18. The van der Waals surface area contributed by atoms with Crippen molar-refractivity contribution < 1.29 is 22.7 Å². The minimum absolute atomic E-state index is 0.351. The third-order valence-electron chi connectivity index (χ3n) is 2.59. The molecule has 0 aromatic heterocycles. The SMILES string of the molecule is CC(C)(C)[C@@H](NS(=O)(=O)c1cccc(Cl)c1F)C(=O)O. The molecule has 1 atom stereocenters. The Bertz CT molecular complexity index is 625. The number of halogens is 2. The molecule has 20 heavy (non-hydrogen) atoms. The van der Waals surface area contributed by atoms with Gasteiger partial charge in [-0.15, -0.1) is 0 Å². The number of sulfonamides is 1. The van der Waals surface area contributed by atoms with Crippen LogP contribution in [0.4, 0.5) is 4.39 Å². The lowest BCUT2D eigenvalue weighted by molar-refractivity contribution is -0.141. The van der Waals surface area contributed by atoms with E-state index in [1.807, 2.05) is 4.72 Å². The topological polar surface area (TPSA) is 83.5 Å². The van der Waals surface area contributed by atoms with Crippen LogP contribution >= 0.6 is 11.6 Å². The van der Waals surface area contributed by atoms with E-state index in [1.54, 1.807) is 20.8 Å². The summed E-state index contributed by atoms with van der Waals surface area (Å²) in [5.74, 6) is -2.46. The van der Waals surface area contributed by atoms with Crippen LogP contribution in [0.2, 0.25) is 5.02 Å². The summed E-state index contributed by atoms with van der Waals surface area (Å²) < 4.78 is 39.9. The fraction of sp³-hybridized carbons (Fsp3) is 0.417. The number of carbonyl (C=O) groups is 1. The monoisotopic (exact) mass is 323 g/mol. The van der Waals surface area contributed by atoms with Crippen LogP contribution < -0.4 is 4.72 Å². The minimum atomic E-state index is -4.33. The van der Waals surface area contributed by atoms with Gasteiger partial charge < -0.3 is 5.11 Å². The second-order valence-electron chi connectivity index (χ2n) is 5.31. The van der Waals surface area contributed by atoms with Gasteiger partial charge in [-0.1, -0.05) is 38.4 Å². The van der Waals surface area contributed by atoms with Crippen molar-refractivity contribution in [1.29, 1.82) is 0 Å². The summed E-state index contributed by atoms with van der Waals surface area (Å²) in [6.45, 7) is 4.67. The molecule has 1 rings (SSSR count). The molecule has 0 spiro atoms. The number of carboxylic acid groups (broad SMARTS) is 1. The smallest absolute Gasteiger partial charge is 0.322 e. The summed E-state index contributed by atoms with van der Waals surface area (Å²) in [7, 11) is -4.33. The van der Waals surface area contributed by atoms with Crippen molar-refractivity contribution in [3.8, 4) is 0 Å². The van der Waals surface area contributed by atoms with E-state index in [2.05, 4.69) is 0 Å². The molecule has 112 valence electrons. The second kappa shape index (κ2) is 5.67. The first-order valence-corrected chi connectivity index (χ1v) is 7.52. The summed E-state index contributed by atoms with van der Waals surface area (Å²) in [6.07, 6.45) is 0. The van der Waals surface area contributed by atoms with Crippen molar-refractivity contribution in [1.82, 2.24) is 4.72 Å². The molecule has 2 N–H and O–H groups in total. The zero-order valence-corrected chi connectivity index (χ0v) is 12.7. The van der Waals surface area contributed by atoms with Crippen molar-refractivity contribution in [2.75, 3.05) is 0 Å². The first kappa shape index (κ1) is 16.9. The normalized spacial score (nSPS) is 14.1. The van der Waals surface area contributed by atoms with Gasteiger partial charge in [-0.3, -0.25) is 4.79 Å². The molecule has 1 aromatic rings. The van der Waals surface area contributed by atoms with Gasteiger partial charge >= 0.3 is 5.97 Å². The van der Waals surface area contributed by atoms with Crippen LogP contribution in [0.3, 0.4) is 0 Å². The molecule has 0 saturated carbocycles. The van der Waals surface area contributed by atoms with Crippen LogP contribution in [-0.4, -0.2) is 25.5 Å². The number of hydrogen-bond donors (Lipinski definition) is 2. The number of benzene rings is 1. The molecule has 0 fully saturated rings. The van der Waals surface area contributed by atoms with Gasteiger partial charge in [0.25, 0.3) is 0 Å². The van der Waals surface area contributed by atoms with Crippen LogP contribution in [0.1, 0.15) is 20.8 Å². The van der Waals surface area contributed by atoms with E-state index in [0.29, 0.717) is 0 Å². The number of hydrogen-bond acceptors (Lipinski definition) is 3.